The Kier molecular flexibility index (Phi) is 7.22. The molecule has 2 aliphatic rings. The fourth-order valence-corrected chi connectivity index (χ4v) is 5.45. The molecule has 3 atom stereocenters. The van der Waals surface area contributed by atoms with Gasteiger partial charge in [-0.05, 0) is 50.7 Å². The van der Waals surface area contributed by atoms with Crippen molar-refractivity contribution in [3.63, 3.8) is 0 Å². The molecule has 1 N–H and O–H groups in total. The van der Waals surface area contributed by atoms with Crippen LogP contribution in [0.4, 0.5) is 0 Å². The smallest absolute Gasteiger partial charge is 0.257 e. The molecule has 1 aromatic rings. The molecule has 2 amide bonds. The van der Waals surface area contributed by atoms with Crippen molar-refractivity contribution in [2.75, 3.05) is 13.1 Å². The third-order valence-electron chi connectivity index (χ3n) is 5.63. The molecule has 3 unspecified atom stereocenters. The largest absolute Gasteiger partial charge is 0.348 e. The maximum Gasteiger partial charge on any atom is 0.257 e. The van der Waals surface area contributed by atoms with E-state index in [1.807, 2.05) is 23.1 Å². The minimum absolute atomic E-state index is 0.00102. The first kappa shape index (κ1) is 21.0. The standard InChI is InChI=1S/C23H32N2O2S/c1-4-12-25(13-5-2)23(27)18-10-11-20-19(15-18)24-22(26)21(28-20)14-17-8-6-16(3)7-9-17/h6-9,14,18-20H,4-5,10-13,15H2,1-3H3,(H,24,26)/b21-14+. The maximum atomic E-state index is 13.0. The van der Waals surface area contributed by atoms with Gasteiger partial charge in [0.05, 0.1) is 4.91 Å². The van der Waals surface area contributed by atoms with Gasteiger partial charge in [-0.3, -0.25) is 9.59 Å². The molecule has 2 fully saturated rings. The number of hydrogen-bond acceptors (Lipinski definition) is 3. The van der Waals surface area contributed by atoms with E-state index in [-0.39, 0.29) is 23.8 Å². The molecule has 4 nitrogen and oxygen atoms in total. The van der Waals surface area contributed by atoms with Crippen LogP contribution in [0.2, 0.25) is 0 Å². The van der Waals surface area contributed by atoms with Gasteiger partial charge in [-0.25, -0.2) is 0 Å². The predicted molar refractivity (Wildman–Crippen MR) is 117 cm³/mol. The van der Waals surface area contributed by atoms with Gasteiger partial charge in [-0.1, -0.05) is 43.7 Å². The van der Waals surface area contributed by atoms with E-state index in [1.54, 1.807) is 11.8 Å². The average Bonchev–Trinajstić information content (AvgIpc) is 2.69. The van der Waals surface area contributed by atoms with Crippen molar-refractivity contribution >= 4 is 29.7 Å². The Morgan fingerprint density at radius 1 is 1.18 bits per heavy atom. The Morgan fingerprint density at radius 2 is 1.86 bits per heavy atom. The number of aryl methyl sites for hydroxylation is 1. The van der Waals surface area contributed by atoms with Crippen molar-refractivity contribution in [2.45, 2.75) is 64.2 Å². The lowest BCUT2D eigenvalue weighted by Crippen LogP contribution is -2.52. The number of amides is 2. The minimum Gasteiger partial charge on any atom is -0.348 e. The summed E-state index contributed by atoms with van der Waals surface area (Å²) in [4.78, 5) is 28.4. The fourth-order valence-electron chi connectivity index (χ4n) is 4.16. The zero-order chi connectivity index (χ0) is 20.1. The summed E-state index contributed by atoms with van der Waals surface area (Å²) in [7, 11) is 0. The molecular formula is C23H32N2O2S. The second kappa shape index (κ2) is 9.64. The number of carbonyl (C=O) groups excluding carboxylic acids is 2. The minimum atomic E-state index is -0.00102. The fraction of sp³-hybridized carbons (Fsp3) is 0.565. The van der Waals surface area contributed by atoms with Crippen LogP contribution in [0.3, 0.4) is 0 Å². The Balaban J connectivity index is 1.65. The van der Waals surface area contributed by atoms with Gasteiger partial charge in [0.1, 0.15) is 0 Å². The van der Waals surface area contributed by atoms with Crippen molar-refractivity contribution in [3.8, 4) is 0 Å². The molecule has 152 valence electrons. The van der Waals surface area contributed by atoms with Gasteiger partial charge >= 0.3 is 0 Å². The first-order valence-electron chi connectivity index (χ1n) is 10.6. The molecule has 5 heteroatoms. The molecule has 1 saturated carbocycles. The lowest BCUT2D eigenvalue weighted by molar-refractivity contribution is -0.137. The molecule has 1 aromatic carbocycles. The van der Waals surface area contributed by atoms with Crippen LogP contribution in [0.1, 0.15) is 57.1 Å². The van der Waals surface area contributed by atoms with Gasteiger partial charge in [0.15, 0.2) is 0 Å². The van der Waals surface area contributed by atoms with Gasteiger partial charge in [0, 0.05) is 30.3 Å². The molecule has 0 aromatic heterocycles. The van der Waals surface area contributed by atoms with E-state index in [4.69, 9.17) is 0 Å². The van der Waals surface area contributed by atoms with Crippen LogP contribution in [0.25, 0.3) is 6.08 Å². The summed E-state index contributed by atoms with van der Waals surface area (Å²) in [5.74, 6) is 0.323. The number of carbonyl (C=O) groups is 2. The Bertz CT molecular complexity index is 723. The zero-order valence-electron chi connectivity index (χ0n) is 17.2. The van der Waals surface area contributed by atoms with E-state index < -0.39 is 0 Å². The highest BCUT2D eigenvalue weighted by atomic mass is 32.2. The van der Waals surface area contributed by atoms with Gasteiger partial charge < -0.3 is 10.2 Å². The van der Waals surface area contributed by atoms with Gasteiger partial charge in [0.25, 0.3) is 5.91 Å². The average molecular weight is 401 g/mol. The van der Waals surface area contributed by atoms with Crippen molar-refractivity contribution in [2.24, 2.45) is 5.92 Å². The number of thioether (sulfide) groups is 1. The van der Waals surface area contributed by atoms with Crippen LogP contribution in [-0.4, -0.2) is 41.1 Å². The summed E-state index contributed by atoms with van der Waals surface area (Å²) in [5, 5.41) is 3.55. The van der Waals surface area contributed by atoms with Crippen molar-refractivity contribution in [1.29, 1.82) is 0 Å². The molecule has 1 aliphatic heterocycles. The SMILES string of the molecule is CCCN(CCC)C(=O)C1CCC2S/C(=C/c3ccc(C)cc3)C(=O)NC2C1. The van der Waals surface area contributed by atoms with Gasteiger partial charge in [0.2, 0.25) is 5.91 Å². The molecule has 3 rings (SSSR count). The highest BCUT2D eigenvalue weighted by Gasteiger charge is 2.40. The summed E-state index contributed by atoms with van der Waals surface area (Å²) >= 11 is 1.69. The second-order valence-corrected chi connectivity index (χ2v) is 9.27. The van der Waals surface area contributed by atoms with Crippen molar-refractivity contribution in [3.05, 3.63) is 40.3 Å². The normalized spacial score (nSPS) is 25.9. The first-order chi connectivity index (χ1) is 13.5. The van der Waals surface area contributed by atoms with Crippen LogP contribution in [0.5, 0.6) is 0 Å². The number of benzene rings is 1. The van der Waals surface area contributed by atoms with Gasteiger partial charge in [-0.15, -0.1) is 11.8 Å². The van der Waals surface area contributed by atoms with E-state index in [2.05, 4.69) is 38.2 Å². The first-order valence-corrected chi connectivity index (χ1v) is 11.4. The summed E-state index contributed by atoms with van der Waals surface area (Å²) < 4.78 is 0. The number of hydrogen-bond donors (Lipinski definition) is 1. The Hall–Kier alpha value is -1.75. The quantitative estimate of drug-likeness (QED) is 0.721. The maximum absolute atomic E-state index is 13.0. The van der Waals surface area contributed by atoms with Crippen LogP contribution >= 0.6 is 11.8 Å². The number of rotatable bonds is 6. The topological polar surface area (TPSA) is 49.4 Å². The molecule has 1 aliphatic carbocycles. The number of nitrogens with zero attached hydrogens (tertiary/aromatic N) is 1. The van der Waals surface area contributed by atoms with Crippen LogP contribution < -0.4 is 5.32 Å². The molecular weight excluding hydrogens is 368 g/mol. The zero-order valence-corrected chi connectivity index (χ0v) is 18.1. The lowest BCUT2D eigenvalue weighted by Gasteiger charge is -2.40. The van der Waals surface area contributed by atoms with Gasteiger partial charge in [-0.2, -0.15) is 0 Å². The predicted octanol–water partition coefficient (Wildman–Crippen LogP) is 4.38. The van der Waals surface area contributed by atoms with E-state index >= 15 is 0 Å². The third kappa shape index (κ3) is 4.99. The van der Waals surface area contributed by atoms with E-state index in [0.717, 1.165) is 55.7 Å². The van der Waals surface area contributed by atoms with Crippen LogP contribution in [0, 0.1) is 12.8 Å². The van der Waals surface area contributed by atoms with E-state index in [1.165, 1.54) is 5.56 Å². The van der Waals surface area contributed by atoms with Crippen molar-refractivity contribution in [1.82, 2.24) is 10.2 Å². The molecule has 28 heavy (non-hydrogen) atoms. The highest BCUT2D eigenvalue weighted by Crippen LogP contribution is 2.40. The number of nitrogens with one attached hydrogen (secondary N) is 1. The monoisotopic (exact) mass is 400 g/mol. The summed E-state index contributed by atoms with van der Waals surface area (Å²) in [6.45, 7) is 7.97. The van der Waals surface area contributed by atoms with Crippen molar-refractivity contribution < 1.29 is 9.59 Å². The molecule has 1 saturated heterocycles. The van der Waals surface area contributed by atoms with E-state index in [0.29, 0.717) is 5.25 Å². The Morgan fingerprint density at radius 3 is 2.50 bits per heavy atom. The number of fused-ring (bicyclic) bond motifs is 1. The molecule has 0 spiro atoms. The highest BCUT2D eigenvalue weighted by molar-refractivity contribution is 8.04. The van der Waals surface area contributed by atoms with Crippen LogP contribution in [-0.2, 0) is 9.59 Å². The summed E-state index contributed by atoms with van der Waals surface area (Å²) in [6, 6.07) is 8.33. The Labute approximate surface area is 173 Å². The molecule has 0 radical (unpaired) electrons. The summed E-state index contributed by atoms with van der Waals surface area (Å²) in [6.07, 6.45) is 6.63. The third-order valence-corrected chi connectivity index (χ3v) is 7.05. The molecule has 0 bridgehead atoms. The lowest BCUT2D eigenvalue weighted by atomic mass is 9.84. The van der Waals surface area contributed by atoms with Crippen LogP contribution in [0.15, 0.2) is 29.2 Å². The van der Waals surface area contributed by atoms with E-state index in [9.17, 15) is 9.59 Å². The molecule has 1 heterocycles. The summed E-state index contributed by atoms with van der Waals surface area (Å²) in [5.41, 5.74) is 2.27. The second-order valence-electron chi connectivity index (χ2n) is 7.99.